The van der Waals surface area contributed by atoms with Crippen molar-refractivity contribution in [3.05, 3.63) is 75.1 Å². The van der Waals surface area contributed by atoms with Crippen LogP contribution in [0.3, 0.4) is 0 Å². The highest BCUT2D eigenvalue weighted by atomic mass is 19.2. The van der Waals surface area contributed by atoms with Crippen molar-refractivity contribution in [3.8, 4) is 0 Å². The van der Waals surface area contributed by atoms with E-state index in [0.717, 1.165) is 49.9 Å². The maximum absolute atomic E-state index is 13.3. The Hall–Kier alpha value is -3.69. The van der Waals surface area contributed by atoms with Gasteiger partial charge in [-0.1, -0.05) is 0 Å². The molecule has 6 nitrogen and oxygen atoms in total. The van der Waals surface area contributed by atoms with Gasteiger partial charge in [-0.2, -0.15) is 0 Å². The summed E-state index contributed by atoms with van der Waals surface area (Å²) in [6.07, 6.45) is 5.42. The molecular formula is C25H20F4N2O4. The van der Waals surface area contributed by atoms with Crippen molar-refractivity contribution in [2.45, 2.75) is 44.2 Å². The number of benzene rings is 2. The van der Waals surface area contributed by atoms with Crippen LogP contribution in [-0.2, 0) is 0 Å². The number of halogens is 4. The van der Waals surface area contributed by atoms with E-state index in [-0.39, 0.29) is 22.7 Å². The molecule has 3 aromatic rings. The summed E-state index contributed by atoms with van der Waals surface area (Å²) in [7, 11) is 0. The third-order valence-corrected chi connectivity index (χ3v) is 6.46. The predicted octanol–water partition coefficient (Wildman–Crippen LogP) is 4.83. The van der Waals surface area contributed by atoms with Crippen molar-refractivity contribution >= 4 is 28.3 Å². The van der Waals surface area contributed by atoms with Crippen molar-refractivity contribution < 1.29 is 32.3 Å². The number of Topliss-reactive ketones (excluding diaryl/α,β-unsaturated/α-hetero) is 1. The Labute approximate surface area is 196 Å². The van der Waals surface area contributed by atoms with Gasteiger partial charge in [0.25, 0.3) is 0 Å². The minimum atomic E-state index is -1.37. The first-order valence-corrected chi connectivity index (χ1v) is 11.2. The van der Waals surface area contributed by atoms with E-state index < -0.39 is 40.2 Å². The molecule has 2 aromatic carbocycles. The van der Waals surface area contributed by atoms with E-state index in [1.165, 1.54) is 6.20 Å². The smallest absolute Gasteiger partial charge is 0.341 e. The van der Waals surface area contributed by atoms with Crippen LogP contribution in [-0.4, -0.2) is 34.0 Å². The van der Waals surface area contributed by atoms with Crippen LogP contribution in [0.25, 0.3) is 10.9 Å². The number of anilines is 1. The Kier molecular flexibility index (Phi) is 5.61. The fraction of sp³-hybridized carbons (Fsp3) is 0.320. The molecular weight excluding hydrogens is 468 g/mol. The molecule has 0 unspecified atom stereocenters. The molecule has 0 spiro atoms. The molecule has 0 atom stereocenters. The van der Waals surface area contributed by atoms with Gasteiger partial charge in [-0.25, -0.2) is 22.4 Å². The first-order chi connectivity index (χ1) is 16.7. The number of hydrogen-bond donors (Lipinski definition) is 1. The number of aromatic carboxylic acids is 1. The lowest BCUT2D eigenvalue weighted by molar-refractivity contribution is 0.0694. The van der Waals surface area contributed by atoms with E-state index in [1.807, 2.05) is 4.90 Å². The molecule has 10 heteroatoms. The summed E-state index contributed by atoms with van der Waals surface area (Å²) in [5.41, 5.74) is -0.0881. The monoisotopic (exact) mass is 488 g/mol. The zero-order chi connectivity index (χ0) is 25.0. The third kappa shape index (κ3) is 4.28. The average Bonchev–Trinajstić information content (AvgIpc) is 3.71. The lowest BCUT2D eigenvalue weighted by Gasteiger charge is -2.30. The van der Waals surface area contributed by atoms with Crippen molar-refractivity contribution in [2.75, 3.05) is 11.4 Å². The molecule has 3 aliphatic rings. The molecule has 2 fully saturated rings. The highest BCUT2D eigenvalue weighted by Crippen LogP contribution is 2.38. The summed E-state index contributed by atoms with van der Waals surface area (Å²) in [6.45, 7) is 0.627. The van der Waals surface area contributed by atoms with Crippen LogP contribution in [0.15, 0.2) is 35.3 Å². The van der Waals surface area contributed by atoms with Crippen molar-refractivity contribution in [1.29, 1.82) is 0 Å². The van der Waals surface area contributed by atoms with Crippen LogP contribution in [0, 0.1) is 23.3 Å². The first-order valence-electron chi connectivity index (χ1n) is 11.2. The number of fused-ring (bicyclic) bond motifs is 2. The number of carboxylic acid groups (broad SMARTS) is 1. The van der Waals surface area contributed by atoms with E-state index >= 15 is 0 Å². The molecule has 1 aromatic heterocycles. The fourth-order valence-electron chi connectivity index (χ4n) is 4.39. The van der Waals surface area contributed by atoms with Gasteiger partial charge in [0.1, 0.15) is 5.56 Å². The Morgan fingerprint density at radius 1 is 0.857 bits per heavy atom. The summed E-state index contributed by atoms with van der Waals surface area (Å²) < 4.78 is 54.3. The van der Waals surface area contributed by atoms with E-state index in [1.54, 1.807) is 4.57 Å². The largest absolute Gasteiger partial charge is 0.477 e. The Balaban J connectivity index is 0.000000147. The lowest BCUT2D eigenvalue weighted by Crippen LogP contribution is -2.34. The van der Waals surface area contributed by atoms with Gasteiger partial charge in [0, 0.05) is 54.3 Å². The number of pyridine rings is 1. The second-order valence-corrected chi connectivity index (χ2v) is 8.98. The van der Waals surface area contributed by atoms with Gasteiger partial charge >= 0.3 is 5.97 Å². The molecule has 6 rings (SSSR count). The van der Waals surface area contributed by atoms with Gasteiger partial charge < -0.3 is 14.6 Å². The molecule has 35 heavy (non-hydrogen) atoms. The van der Waals surface area contributed by atoms with Crippen molar-refractivity contribution in [2.24, 2.45) is 0 Å². The topological polar surface area (TPSA) is 79.6 Å². The summed E-state index contributed by atoms with van der Waals surface area (Å²) in [5.74, 6) is -5.49. The normalized spacial score (nSPS) is 17.1. The van der Waals surface area contributed by atoms with Crippen LogP contribution < -0.4 is 10.3 Å². The quantitative estimate of drug-likeness (QED) is 0.534. The first kappa shape index (κ1) is 23.1. The third-order valence-electron chi connectivity index (χ3n) is 6.46. The van der Waals surface area contributed by atoms with Gasteiger partial charge in [0.05, 0.1) is 11.2 Å². The van der Waals surface area contributed by atoms with Crippen LogP contribution in [0.5, 0.6) is 0 Å². The molecule has 1 N–H and O–H groups in total. The second kappa shape index (κ2) is 8.51. The highest BCUT2D eigenvalue weighted by Gasteiger charge is 2.35. The lowest BCUT2D eigenvalue weighted by atomic mass is 10.00. The molecule has 2 saturated carbocycles. The van der Waals surface area contributed by atoms with Crippen molar-refractivity contribution in [3.63, 3.8) is 0 Å². The maximum atomic E-state index is 13.3. The Morgan fingerprint density at radius 3 is 2.09 bits per heavy atom. The van der Waals surface area contributed by atoms with Crippen molar-refractivity contribution in [1.82, 2.24) is 4.57 Å². The number of aromatic nitrogens is 1. The van der Waals surface area contributed by atoms with E-state index in [0.29, 0.717) is 30.3 Å². The minimum absolute atomic E-state index is 0.0473. The number of hydrogen-bond acceptors (Lipinski definition) is 4. The summed E-state index contributed by atoms with van der Waals surface area (Å²) in [4.78, 5) is 36.6. The molecule has 0 amide bonds. The molecule has 0 bridgehead atoms. The molecule has 0 saturated heterocycles. The zero-order valence-corrected chi connectivity index (χ0v) is 18.4. The van der Waals surface area contributed by atoms with Crippen LogP contribution in [0.1, 0.15) is 58.9 Å². The van der Waals surface area contributed by atoms with Gasteiger partial charge in [0.2, 0.25) is 5.43 Å². The molecule has 182 valence electrons. The molecule has 1 aliphatic heterocycles. The van der Waals surface area contributed by atoms with E-state index in [2.05, 4.69) is 0 Å². The number of rotatable bonds is 3. The maximum Gasteiger partial charge on any atom is 0.341 e. The van der Waals surface area contributed by atoms with Gasteiger partial charge in [-0.15, -0.1) is 0 Å². The standard InChI is InChI=1S/C13H9F2NO3.C12H11F2NO/c14-9-3-7-11(4-10(9)15)16(6-1-2-6)5-8(12(7)17)13(18)19;13-9-5-8-11(6-10(9)14)15(7-1-2-7)4-3-12(8)16/h3-6H,1-2H2,(H,18,19);5-7H,1-4H2. The SMILES string of the molecule is O=C(O)c1cn(C2CC2)c2cc(F)c(F)cc2c1=O.O=C1CCN(C2CC2)c2cc(F)c(F)cc21. The van der Waals surface area contributed by atoms with Gasteiger partial charge in [-0.05, 0) is 37.8 Å². The molecule has 2 aliphatic carbocycles. The van der Waals surface area contributed by atoms with Crippen LogP contribution in [0.2, 0.25) is 0 Å². The summed E-state index contributed by atoms with van der Waals surface area (Å²) in [6, 6.07) is 4.35. The average molecular weight is 488 g/mol. The second-order valence-electron chi connectivity index (χ2n) is 8.98. The number of carboxylic acids is 1. The fourth-order valence-corrected chi connectivity index (χ4v) is 4.39. The van der Waals surface area contributed by atoms with E-state index in [9.17, 15) is 31.9 Å². The predicted molar refractivity (Wildman–Crippen MR) is 119 cm³/mol. The number of ketones is 1. The minimum Gasteiger partial charge on any atom is -0.477 e. The Morgan fingerprint density at radius 2 is 1.46 bits per heavy atom. The highest BCUT2D eigenvalue weighted by molar-refractivity contribution is 6.03. The van der Waals surface area contributed by atoms with Crippen LogP contribution in [0.4, 0.5) is 23.2 Å². The number of carbonyl (C=O) groups is 2. The van der Waals surface area contributed by atoms with Gasteiger partial charge in [-0.3, -0.25) is 9.59 Å². The summed E-state index contributed by atoms with van der Waals surface area (Å²) >= 11 is 0. The summed E-state index contributed by atoms with van der Waals surface area (Å²) in [5, 5.41) is 8.89. The molecule has 0 radical (unpaired) electrons. The van der Waals surface area contributed by atoms with Crippen LogP contribution >= 0.6 is 0 Å². The molecule has 2 heterocycles. The Bertz CT molecular complexity index is 1440. The van der Waals surface area contributed by atoms with E-state index in [4.69, 9.17) is 5.11 Å². The number of carbonyl (C=O) groups excluding carboxylic acids is 1. The van der Waals surface area contributed by atoms with Gasteiger partial charge in [0.15, 0.2) is 29.1 Å². The number of nitrogens with zero attached hydrogens (tertiary/aromatic N) is 2. The zero-order valence-electron chi connectivity index (χ0n) is 18.4.